The van der Waals surface area contributed by atoms with E-state index in [0.717, 1.165) is 25.9 Å². The Balaban J connectivity index is 0.00000300. The quantitative estimate of drug-likeness (QED) is 0.634. The van der Waals surface area contributed by atoms with Gasteiger partial charge in [-0.3, -0.25) is 0 Å². The molecule has 1 aliphatic rings. The minimum atomic E-state index is -3.76. The maximum absolute atomic E-state index is 13.3. The van der Waals surface area contributed by atoms with Gasteiger partial charge in [-0.2, -0.15) is 0 Å². The molecule has 2 aromatic carbocycles. The summed E-state index contributed by atoms with van der Waals surface area (Å²) in [4.78, 5) is 2.61. The second-order valence-electron chi connectivity index (χ2n) is 6.88. The average molecular weight is 506 g/mol. The van der Waals surface area contributed by atoms with Crippen molar-refractivity contribution in [3.63, 3.8) is 0 Å². The van der Waals surface area contributed by atoms with Crippen molar-refractivity contribution < 1.29 is 17.9 Å². The first-order chi connectivity index (χ1) is 13.3. The van der Waals surface area contributed by atoms with Gasteiger partial charge in [0.25, 0.3) is 0 Å². The van der Waals surface area contributed by atoms with Crippen molar-refractivity contribution in [3.05, 3.63) is 40.9 Å². The monoisotopic (exact) mass is 504 g/mol. The van der Waals surface area contributed by atoms with Crippen molar-refractivity contribution in [3.8, 4) is 11.5 Å². The second kappa shape index (κ2) is 10.0. The highest BCUT2D eigenvalue weighted by Gasteiger charge is 2.25. The van der Waals surface area contributed by atoms with Crippen molar-refractivity contribution in [2.45, 2.75) is 28.7 Å². The number of nitrogens with one attached hydrogen (secondary N) is 1. The van der Waals surface area contributed by atoms with Crippen LogP contribution in [0.25, 0.3) is 0 Å². The van der Waals surface area contributed by atoms with Crippen molar-refractivity contribution in [1.29, 1.82) is 0 Å². The summed E-state index contributed by atoms with van der Waals surface area (Å²) in [5.41, 5.74) is 0.687. The lowest BCUT2D eigenvalue weighted by molar-refractivity contribution is 0.263. The molecule has 1 N–H and O–H groups in total. The molecule has 1 fully saturated rings. The van der Waals surface area contributed by atoms with Crippen molar-refractivity contribution in [2.75, 3.05) is 39.7 Å². The molecule has 9 heteroatoms. The van der Waals surface area contributed by atoms with E-state index in [9.17, 15) is 8.42 Å². The largest absolute Gasteiger partial charge is 0.495 e. The highest BCUT2D eigenvalue weighted by Crippen LogP contribution is 2.35. The van der Waals surface area contributed by atoms with Crippen LogP contribution in [0.5, 0.6) is 11.5 Å². The molecular weight excluding hydrogens is 480 g/mol. The lowest BCUT2D eigenvalue weighted by atomic mass is 10.1. The van der Waals surface area contributed by atoms with Gasteiger partial charge in [-0.05, 0) is 69.4 Å². The topological polar surface area (TPSA) is 67.9 Å². The van der Waals surface area contributed by atoms with Gasteiger partial charge in [0.05, 0.1) is 24.8 Å². The molecule has 160 valence electrons. The third-order valence-corrected chi connectivity index (χ3v) is 7.24. The van der Waals surface area contributed by atoms with Crippen LogP contribution in [-0.2, 0) is 9.84 Å². The van der Waals surface area contributed by atoms with Gasteiger partial charge in [0.1, 0.15) is 16.4 Å². The number of anilines is 1. The molecule has 0 unspecified atom stereocenters. The molecule has 0 amide bonds. The van der Waals surface area contributed by atoms with Gasteiger partial charge in [0, 0.05) is 10.5 Å². The number of rotatable bonds is 6. The number of sulfone groups is 1. The van der Waals surface area contributed by atoms with E-state index in [1.54, 1.807) is 43.5 Å². The van der Waals surface area contributed by atoms with E-state index in [-0.39, 0.29) is 28.2 Å². The summed E-state index contributed by atoms with van der Waals surface area (Å²) in [6.45, 7) is 2.01. The van der Waals surface area contributed by atoms with E-state index in [1.807, 2.05) is 0 Å². The normalized spacial score (nSPS) is 15.4. The summed E-state index contributed by atoms with van der Waals surface area (Å²) in [6.07, 6.45) is 1.99. The molecular formula is C20H26BrClN2O4S. The Labute approximate surface area is 187 Å². The number of piperidine rings is 1. The average Bonchev–Trinajstić information content (AvgIpc) is 2.69. The maximum Gasteiger partial charge on any atom is 0.210 e. The summed E-state index contributed by atoms with van der Waals surface area (Å²) < 4.78 is 37.9. The van der Waals surface area contributed by atoms with E-state index >= 15 is 0 Å². The van der Waals surface area contributed by atoms with Crippen LogP contribution in [0.15, 0.2) is 50.7 Å². The fourth-order valence-corrected chi connectivity index (χ4v) is 5.31. The number of methoxy groups -OCH3 is 2. The molecule has 2 aromatic rings. The van der Waals surface area contributed by atoms with E-state index in [1.165, 1.54) is 7.11 Å². The minimum absolute atomic E-state index is 0. The molecule has 1 saturated heterocycles. The highest BCUT2D eigenvalue weighted by molar-refractivity contribution is 9.10. The first-order valence-corrected chi connectivity index (χ1v) is 11.3. The summed E-state index contributed by atoms with van der Waals surface area (Å²) in [5, 5.41) is 3.47. The Kier molecular flexibility index (Phi) is 8.22. The van der Waals surface area contributed by atoms with Crippen LogP contribution >= 0.6 is 28.3 Å². The lowest BCUT2D eigenvalue weighted by Crippen LogP contribution is -2.36. The highest BCUT2D eigenvalue weighted by atomic mass is 79.9. The summed E-state index contributed by atoms with van der Waals surface area (Å²) in [6, 6.07) is 10.1. The van der Waals surface area contributed by atoms with Crippen LogP contribution in [-0.4, -0.2) is 53.7 Å². The van der Waals surface area contributed by atoms with Gasteiger partial charge in [-0.15, -0.1) is 12.4 Å². The number of benzene rings is 2. The predicted octanol–water partition coefficient (Wildman–Crippen LogP) is 4.23. The number of nitrogens with zero attached hydrogens (tertiary/aromatic N) is 1. The second-order valence-corrected chi connectivity index (χ2v) is 9.72. The fourth-order valence-electron chi connectivity index (χ4n) is 3.33. The van der Waals surface area contributed by atoms with E-state index in [4.69, 9.17) is 9.47 Å². The molecule has 1 heterocycles. The lowest BCUT2D eigenvalue weighted by Gasteiger charge is -2.30. The molecule has 6 nitrogen and oxygen atoms in total. The third-order valence-electron chi connectivity index (χ3n) is 4.97. The van der Waals surface area contributed by atoms with Gasteiger partial charge in [-0.1, -0.05) is 15.9 Å². The Bertz CT molecular complexity index is 947. The summed E-state index contributed by atoms with van der Waals surface area (Å²) in [7, 11) is 1.39. The molecule has 29 heavy (non-hydrogen) atoms. The zero-order valence-corrected chi connectivity index (χ0v) is 19.9. The van der Waals surface area contributed by atoms with Crippen LogP contribution in [0.4, 0.5) is 5.69 Å². The Hall–Kier alpha value is -1.48. The Morgan fingerprint density at radius 3 is 2.28 bits per heavy atom. The van der Waals surface area contributed by atoms with Crippen molar-refractivity contribution >= 4 is 43.9 Å². The third kappa shape index (κ3) is 5.36. The SMILES string of the molecule is COc1ccc(S(=O)(=O)c2cc(Br)ccc2OC)cc1NC1CCN(C)CC1.Cl. The molecule has 0 radical (unpaired) electrons. The number of likely N-dealkylation sites (tertiary alicyclic amines) is 1. The fraction of sp³-hybridized carbons (Fsp3) is 0.400. The van der Waals surface area contributed by atoms with Crippen LogP contribution in [0.1, 0.15) is 12.8 Å². The first kappa shape index (κ1) is 23.8. The number of ether oxygens (including phenoxy) is 2. The standard InChI is InChI=1S/C20H25BrN2O4S.ClH/c1-23-10-8-15(9-11-23)22-17-13-16(5-7-18(17)26-2)28(24,25)20-12-14(21)4-6-19(20)27-3;/h4-7,12-13,15,22H,8-11H2,1-3H3;1H. The molecule has 0 atom stereocenters. The number of halogens is 2. The van der Waals surface area contributed by atoms with Crippen LogP contribution in [0.2, 0.25) is 0 Å². The van der Waals surface area contributed by atoms with Gasteiger partial charge >= 0.3 is 0 Å². The first-order valence-electron chi connectivity index (χ1n) is 9.07. The van der Waals surface area contributed by atoms with Gasteiger partial charge in [-0.25, -0.2) is 8.42 Å². The molecule has 0 aliphatic carbocycles. The molecule has 3 rings (SSSR count). The van der Waals surface area contributed by atoms with Gasteiger partial charge in [0.15, 0.2) is 0 Å². The molecule has 0 spiro atoms. The summed E-state index contributed by atoms with van der Waals surface area (Å²) >= 11 is 3.34. The maximum atomic E-state index is 13.3. The van der Waals surface area contributed by atoms with Crippen molar-refractivity contribution in [1.82, 2.24) is 4.90 Å². The number of hydrogen-bond acceptors (Lipinski definition) is 6. The van der Waals surface area contributed by atoms with E-state index < -0.39 is 9.84 Å². The van der Waals surface area contributed by atoms with Crippen LogP contribution < -0.4 is 14.8 Å². The summed E-state index contributed by atoms with van der Waals surface area (Å²) in [5.74, 6) is 0.933. The predicted molar refractivity (Wildman–Crippen MR) is 121 cm³/mol. The minimum Gasteiger partial charge on any atom is -0.495 e. The number of hydrogen-bond donors (Lipinski definition) is 1. The van der Waals surface area contributed by atoms with E-state index in [0.29, 0.717) is 21.7 Å². The van der Waals surface area contributed by atoms with E-state index in [2.05, 4.69) is 33.2 Å². The van der Waals surface area contributed by atoms with Crippen molar-refractivity contribution in [2.24, 2.45) is 0 Å². The smallest absolute Gasteiger partial charge is 0.210 e. The zero-order valence-electron chi connectivity index (χ0n) is 16.6. The van der Waals surface area contributed by atoms with Crippen LogP contribution in [0, 0.1) is 0 Å². The van der Waals surface area contributed by atoms with Gasteiger partial charge in [0.2, 0.25) is 9.84 Å². The molecule has 1 aliphatic heterocycles. The van der Waals surface area contributed by atoms with Gasteiger partial charge < -0.3 is 19.7 Å². The molecule has 0 aromatic heterocycles. The Morgan fingerprint density at radius 2 is 1.66 bits per heavy atom. The molecule has 0 saturated carbocycles. The Morgan fingerprint density at radius 1 is 1.03 bits per heavy atom. The van der Waals surface area contributed by atoms with Crippen LogP contribution in [0.3, 0.4) is 0 Å². The molecule has 0 bridgehead atoms. The zero-order chi connectivity index (χ0) is 20.3.